The van der Waals surface area contributed by atoms with Crippen LogP contribution in [0.4, 0.5) is 5.82 Å². The van der Waals surface area contributed by atoms with Crippen LogP contribution in [-0.4, -0.2) is 31.0 Å². The fourth-order valence-electron chi connectivity index (χ4n) is 3.38. The molecule has 36 heavy (non-hydrogen) atoms. The standard InChI is InChI=1S/C25H23Cl2N5O3S/c1-25(2,3)24(35)32-21(29-13-15-7-9-20(26)36-15)12-18(30-32)16-8-10-22(34)31(23(16)27)14-19(33)17-6-4-5-11-28-17/h4-12,29H,13-14H2,1-3H3. The van der Waals surface area contributed by atoms with Crippen LogP contribution < -0.4 is 10.9 Å². The monoisotopic (exact) mass is 543 g/mol. The van der Waals surface area contributed by atoms with Crippen LogP contribution in [0.1, 0.15) is 40.9 Å². The summed E-state index contributed by atoms with van der Waals surface area (Å²) >= 11 is 14.1. The lowest BCUT2D eigenvalue weighted by Crippen LogP contribution is -2.29. The van der Waals surface area contributed by atoms with Gasteiger partial charge < -0.3 is 5.32 Å². The summed E-state index contributed by atoms with van der Waals surface area (Å²) in [4.78, 5) is 43.4. The van der Waals surface area contributed by atoms with Gasteiger partial charge in [0.1, 0.15) is 16.7 Å². The van der Waals surface area contributed by atoms with Crippen LogP contribution in [0.15, 0.2) is 59.5 Å². The summed E-state index contributed by atoms with van der Waals surface area (Å²) < 4.78 is 3.13. The summed E-state index contributed by atoms with van der Waals surface area (Å²) in [7, 11) is 0. The van der Waals surface area contributed by atoms with Gasteiger partial charge in [0.15, 0.2) is 0 Å². The topological polar surface area (TPSA) is 98.9 Å². The van der Waals surface area contributed by atoms with Gasteiger partial charge in [-0.3, -0.25) is 23.9 Å². The van der Waals surface area contributed by atoms with E-state index < -0.39 is 11.0 Å². The van der Waals surface area contributed by atoms with E-state index in [0.29, 0.717) is 28.0 Å². The third-order valence-corrected chi connectivity index (χ3v) is 6.90. The normalized spacial score (nSPS) is 11.5. The molecular formula is C25H23Cl2N5O3S. The van der Waals surface area contributed by atoms with Crippen LogP contribution >= 0.6 is 34.5 Å². The highest BCUT2D eigenvalue weighted by atomic mass is 35.5. The van der Waals surface area contributed by atoms with Crippen molar-refractivity contribution in [3.8, 4) is 11.3 Å². The predicted octanol–water partition coefficient (Wildman–Crippen LogP) is 5.66. The van der Waals surface area contributed by atoms with Crippen LogP contribution in [0, 0.1) is 5.41 Å². The highest BCUT2D eigenvalue weighted by Crippen LogP contribution is 2.30. The van der Waals surface area contributed by atoms with Gasteiger partial charge in [-0.25, -0.2) is 0 Å². The summed E-state index contributed by atoms with van der Waals surface area (Å²) in [5, 5.41) is 7.80. The molecule has 4 rings (SSSR count). The molecule has 0 aromatic carbocycles. The summed E-state index contributed by atoms with van der Waals surface area (Å²) in [6.07, 6.45) is 1.51. The zero-order chi connectivity index (χ0) is 26.0. The minimum Gasteiger partial charge on any atom is -0.365 e. The van der Waals surface area contributed by atoms with Gasteiger partial charge in [0.25, 0.3) is 11.5 Å². The Morgan fingerprint density at radius 2 is 1.86 bits per heavy atom. The van der Waals surface area contributed by atoms with Crippen molar-refractivity contribution in [1.82, 2.24) is 19.3 Å². The number of thiophene rings is 1. The Labute approximate surface area is 221 Å². The number of anilines is 1. The van der Waals surface area contributed by atoms with E-state index in [-0.39, 0.29) is 29.1 Å². The first-order chi connectivity index (χ1) is 17.0. The van der Waals surface area contributed by atoms with E-state index in [0.717, 1.165) is 4.88 Å². The molecule has 4 heterocycles. The Balaban J connectivity index is 1.71. The Morgan fingerprint density at radius 1 is 1.08 bits per heavy atom. The third kappa shape index (κ3) is 5.59. The second-order valence-electron chi connectivity index (χ2n) is 9.04. The van der Waals surface area contributed by atoms with Gasteiger partial charge in [-0.15, -0.1) is 11.3 Å². The number of aromatic nitrogens is 4. The van der Waals surface area contributed by atoms with Crippen molar-refractivity contribution >= 4 is 52.0 Å². The van der Waals surface area contributed by atoms with E-state index in [1.165, 1.54) is 38.9 Å². The lowest BCUT2D eigenvalue weighted by atomic mass is 9.96. The quantitative estimate of drug-likeness (QED) is 0.238. The number of halogens is 2. The average Bonchev–Trinajstić information content (AvgIpc) is 3.45. The van der Waals surface area contributed by atoms with E-state index in [1.54, 1.807) is 45.0 Å². The molecule has 0 spiro atoms. The number of nitrogens with one attached hydrogen (secondary N) is 1. The lowest BCUT2D eigenvalue weighted by Gasteiger charge is -2.18. The molecule has 0 atom stereocenters. The zero-order valence-corrected chi connectivity index (χ0v) is 22.1. The summed E-state index contributed by atoms with van der Waals surface area (Å²) in [5.41, 5.74) is -0.128. The predicted molar refractivity (Wildman–Crippen MR) is 142 cm³/mol. The van der Waals surface area contributed by atoms with E-state index in [2.05, 4.69) is 15.4 Å². The molecule has 0 aliphatic rings. The molecule has 0 unspecified atom stereocenters. The molecule has 4 aromatic rings. The maximum Gasteiger partial charge on any atom is 0.254 e. The van der Waals surface area contributed by atoms with E-state index >= 15 is 0 Å². The second-order valence-corrected chi connectivity index (χ2v) is 11.2. The molecule has 0 bridgehead atoms. The fourth-order valence-corrected chi connectivity index (χ4v) is 4.71. The first-order valence-electron chi connectivity index (χ1n) is 11.0. The highest BCUT2D eigenvalue weighted by Gasteiger charge is 2.28. The Hall–Kier alpha value is -3.27. The van der Waals surface area contributed by atoms with Crippen molar-refractivity contribution in [2.45, 2.75) is 33.9 Å². The number of pyridine rings is 2. The number of Topliss-reactive ketones (excluding diaryl/α,β-unsaturated/α-hetero) is 1. The molecule has 4 aromatic heterocycles. The zero-order valence-electron chi connectivity index (χ0n) is 19.8. The largest absolute Gasteiger partial charge is 0.365 e. The maximum absolute atomic E-state index is 13.2. The van der Waals surface area contributed by atoms with Crippen LogP contribution in [0.2, 0.25) is 9.49 Å². The SMILES string of the molecule is CC(C)(C)C(=O)n1nc(-c2ccc(=O)n(CC(=O)c3ccccn3)c2Cl)cc1NCc1ccc(Cl)s1. The van der Waals surface area contributed by atoms with Crippen LogP contribution in [-0.2, 0) is 13.1 Å². The Bertz CT molecular complexity index is 1490. The highest BCUT2D eigenvalue weighted by molar-refractivity contribution is 7.16. The number of carbonyl (C=O) groups is 2. The fraction of sp³-hybridized carbons (Fsp3) is 0.240. The summed E-state index contributed by atoms with van der Waals surface area (Å²) in [6, 6.07) is 13.2. The van der Waals surface area contributed by atoms with Crippen molar-refractivity contribution in [1.29, 1.82) is 0 Å². The smallest absolute Gasteiger partial charge is 0.254 e. The van der Waals surface area contributed by atoms with Crippen molar-refractivity contribution in [2.24, 2.45) is 5.41 Å². The molecule has 0 aliphatic heterocycles. The van der Waals surface area contributed by atoms with Crippen molar-refractivity contribution < 1.29 is 9.59 Å². The van der Waals surface area contributed by atoms with Gasteiger partial charge in [0, 0.05) is 34.2 Å². The molecule has 11 heteroatoms. The number of hydrogen-bond donors (Lipinski definition) is 1. The molecule has 0 saturated carbocycles. The van der Waals surface area contributed by atoms with Crippen LogP contribution in [0.25, 0.3) is 11.3 Å². The number of nitrogens with zero attached hydrogens (tertiary/aromatic N) is 4. The Kier molecular flexibility index (Phi) is 7.44. The van der Waals surface area contributed by atoms with E-state index in [1.807, 2.05) is 12.1 Å². The molecule has 0 aliphatic carbocycles. The van der Waals surface area contributed by atoms with E-state index in [4.69, 9.17) is 23.2 Å². The van der Waals surface area contributed by atoms with Gasteiger partial charge in [0.2, 0.25) is 5.78 Å². The molecule has 0 amide bonds. The molecule has 186 valence electrons. The second kappa shape index (κ2) is 10.4. The number of ketones is 1. The Morgan fingerprint density at radius 3 is 2.50 bits per heavy atom. The molecule has 0 saturated heterocycles. The molecule has 8 nitrogen and oxygen atoms in total. The number of rotatable bonds is 7. The van der Waals surface area contributed by atoms with Crippen LogP contribution in [0.3, 0.4) is 0 Å². The van der Waals surface area contributed by atoms with Gasteiger partial charge in [-0.1, -0.05) is 50.0 Å². The molecule has 1 N–H and O–H groups in total. The van der Waals surface area contributed by atoms with Gasteiger partial charge in [-0.2, -0.15) is 9.78 Å². The molecule has 0 fully saturated rings. The maximum atomic E-state index is 13.2. The summed E-state index contributed by atoms with van der Waals surface area (Å²) in [5.74, 6) is -0.120. The summed E-state index contributed by atoms with van der Waals surface area (Å²) in [6.45, 7) is 5.56. The van der Waals surface area contributed by atoms with Crippen molar-refractivity contribution in [3.05, 3.63) is 85.1 Å². The number of carbonyl (C=O) groups excluding carboxylic acids is 2. The van der Waals surface area contributed by atoms with Gasteiger partial charge >= 0.3 is 0 Å². The van der Waals surface area contributed by atoms with Gasteiger partial charge in [0.05, 0.1) is 23.1 Å². The molecular weight excluding hydrogens is 521 g/mol. The van der Waals surface area contributed by atoms with Crippen molar-refractivity contribution in [3.63, 3.8) is 0 Å². The third-order valence-electron chi connectivity index (χ3n) is 5.26. The minimum absolute atomic E-state index is 0.0382. The lowest BCUT2D eigenvalue weighted by molar-refractivity contribution is 0.0752. The number of hydrogen-bond acceptors (Lipinski definition) is 7. The molecule has 0 radical (unpaired) electrons. The van der Waals surface area contributed by atoms with Crippen molar-refractivity contribution in [2.75, 3.05) is 5.32 Å². The van der Waals surface area contributed by atoms with E-state index in [9.17, 15) is 14.4 Å². The van der Waals surface area contributed by atoms with Crippen LogP contribution in [0.5, 0.6) is 0 Å². The first-order valence-corrected chi connectivity index (χ1v) is 12.6. The van der Waals surface area contributed by atoms with Gasteiger partial charge in [-0.05, 0) is 30.3 Å². The minimum atomic E-state index is -0.705. The average molecular weight is 544 g/mol. The first kappa shape index (κ1) is 25.8.